The summed E-state index contributed by atoms with van der Waals surface area (Å²) >= 11 is 0. The second-order valence-corrected chi connectivity index (χ2v) is 6.78. The number of amides is 1. The molecule has 2 N–H and O–H groups in total. The standard InChI is InChI=1S/C19H25N3O2/c1-14(12-17-13-20-10-11-21-17)22-18(23)16-6-4-15(5-7-16)8-9-19(2,3)24/h4-7,10-11,13-14,24H,8-9,12H2,1-3H3,(H,22,23). The smallest absolute Gasteiger partial charge is 0.251 e. The Hall–Kier alpha value is -2.27. The topological polar surface area (TPSA) is 75.1 Å². The average molecular weight is 327 g/mol. The highest BCUT2D eigenvalue weighted by Crippen LogP contribution is 2.14. The summed E-state index contributed by atoms with van der Waals surface area (Å²) in [5, 5.41) is 12.7. The van der Waals surface area contributed by atoms with Gasteiger partial charge in [0.25, 0.3) is 5.91 Å². The van der Waals surface area contributed by atoms with Crippen molar-refractivity contribution in [2.75, 3.05) is 0 Å². The van der Waals surface area contributed by atoms with Gasteiger partial charge < -0.3 is 10.4 Å². The van der Waals surface area contributed by atoms with Gasteiger partial charge in [-0.05, 0) is 51.3 Å². The second kappa shape index (κ2) is 8.02. The molecule has 0 saturated carbocycles. The van der Waals surface area contributed by atoms with Crippen molar-refractivity contribution in [2.45, 2.75) is 51.7 Å². The van der Waals surface area contributed by atoms with E-state index in [0.717, 1.165) is 17.7 Å². The van der Waals surface area contributed by atoms with Gasteiger partial charge in [0.15, 0.2) is 0 Å². The lowest BCUT2D eigenvalue weighted by Gasteiger charge is -2.17. The number of carbonyl (C=O) groups excluding carboxylic acids is 1. The molecular formula is C19H25N3O2. The minimum atomic E-state index is -0.675. The van der Waals surface area contributed by atoms with Crippen molar-refractivity contribution in [2.24, 2.45) is 0 Å². The van der Waals surface area contributed by atoms with Crippen molar-refractivity contribution in [1.82, 2.24) is 15.3 Å². The normalized spacial score (nSPS) is 12.7. The Kier molecular flexibility index (Phi) is 6.04. The van der Waals surface area contributed by atoms with Gasteiger partial charge in [-0.1, -0.05) is 12.1 Å². The number of hydrogen-bond acceptors (Lipinski definition) is 4. The van der Waals surface area contributed by atoms with Crippen LogP contribution < -0.4 is 5.32 Å². The summed E-state index contributed by atoms with van der Waals surface area (Å²) in [4.78, 5) is 20.5. The number of aryl methyl sites for hydroxylation is 1. The zero-order valence-electron chi connectivity index (χ0n) is 14.5. The first-order valence-corrected chi connectivity index (χ1v) is 8.20. The van der Waals surface area contributed by atoms with E-state index in [0.29, 0.717) is 18.4 Å². The Labute approximate surface area is 143 Å². The fourth-order valence-electron chi connectivity index (χ4n) is 2.38. The van der Waals surface area contributed by atoms with Crippen molar-refractivity contribution in [3.63, 3.8) is 0 Å². The van der Waals surface area contributed by atoms with E-state index < -0.39 is 5.60 Å². The predicted octanol–water partition coefficient (Wildman–Crippen LogP) is 2.54. The summed E-state index contributed by atoms with van der Waals surface area (Å²) in [6.45, 7) is 5.55. The van der Waals surface area contributed by atoms with Crippen molar-refractivity contribution >= 4 is 5.91 Å². The summed E-state index contributed by atoms with van der Waals surface area (Å²) < 4.78 is 0. The fraction of sp³-hybridized carbons (Fsp3) is 0.421. The van der Waals surface area contributed by atoms with Crippen LogP contribution in [0.25, 0.3) is 0 Å². The number of nitrogens with zero attached hydrogens (tertiary/aromatic N) is 2. The fourth-order valence-corrected chi connectivity index (χ4v) is 2.38. The molecule has 5 heteroatoms. The van der Waals surface area contributed by atoms with Gasteiger partial charge in [0.1, 0.15) is 0 Å². The largest absolute Gasteiger partial charge is 0.390 e. The maximum Gasteiger partial charge on any atom is 0.251 e. The van der Waals surface area contributed by atoms with Gasteiger partial charge in [-0.15, -0.1) is 0 Å². The van der Waals surface area contributed by atoms with Crippen LogP contribution in [-0.4, -0.2) is 32.6 Å². The lowest BCUT2D eigenvalue weighted by atomic mass is 9.98. The first kappa shape index (κ1) is 18.1. The molecule has 0 aliphatic carbocycles. The molecule has 2 aromatic rings. The summed E-state index contributed by atoms with van der Waals surface area (Å²) in [6, 6.07) is 7.50. The van der Waals surface area contributed by atoms with Crippen LogP contribution in [0.5, 0.6) is 0 Å². The van der Waals surface area contributed by atoms with Gasteiger partial charge in [-0.2, -0.15) is 0 Å². The molecular weight excluding hydrogens is 302 g/mol. The highest BCUT2D eigenvalue weighted by molar-refractivity contribution is 5.94. The maximum absolute atomic E-state index is 12.3. The lowest BCUT2D eigenvalue weighted by Crippen LogP contribution is -2.34. The minimum absolute atomic E-state index is 0.0240. The van der Waals surface area contributed by atoms with Crippen LogP contribution in [0.15, 0.2) is 42.9 Å². The molecule has 1 unspecified atom stereocenters. The molecule has 0 spiro atoms. The highest BCUT2D eigenvalue weighted by Gasteiger charge is 2.13. The molecule has 1 amide bonds. The maximum atomic E-state index is 12.3. The molecule has 128 valence electrons. The van der Waals surface area contributed by atoms with Crippen LogP contribution >= 0.6 is 0 Å². The first-order valence-electron chi connectivity index (χ1n) is 8.20. The summed E-state index contributed by atoms with van der Waals surface area (Å²) in [5.41, 5.74) is 1.92. The molecule has 1 aromatic carbocycles. The third-order valence-electron chi connectivity index (χ3n) is 3.75. The molecule has 0 radical (unpaired) electrons. The van der Waals surface area contributed by atoms with Gasteiger partial charge in [-0.25, -0.2) is 0 Å². The monoisotopic (exact) mass is 327 g/mol. The van der Waals surface area contributed by atoms with Crippen LogP contribution in [0.2, 0.25) is 0 Å². The summed E-state index contributed by atoms with van der Waals surface area (Å²) in [6.07, 6.45) is 7.11. The van der Waals surface area contributed by atoms with E-state index in [1.54, 1.807) is 32.4 Å². The van der Waals surface area contributed by atoms with Gasteiger partial charge in [0.2, 0.25) is 0 Å². The molecule has 0 aliphatic heterocycles. The van der Waals surface area contributed by atoms with Crippen molar-refractivity contribution in [3.8, 4) is 0 Å². The SMILES string of the molecule is CC(Cc1cnccn1)NC(=O)c1ccc(CCC(C)(C)O)cc1. The average Bonchev–Trinajstić information content (AvgIpc) is 2.53. The van der Waals surface area contributed by atoms with E-state index in [1.807, 2.05) is 31.2 Å². The third-order valence-corrected chi connectivity index (χ3v) is 3.75. The van der Waals surface area contributed by atoms with Crippen LogP contribution in [0.1, 0.15) is 48.8 Å². The minimum Gasteiger partial charge on any atom is -0.390 e. The van der Waals surface area contributed by atoms with E-state index in [4.69, 9.17) is 0 Å². The number of aliphatic hydroxyl groups is 1. The molecule has 0 aliphatic rings. The number of nitrogens with one attached hydrogen (secondary N) is 1. The van der Waals surface area contributed by atoms with Crippen molar-refractivity contribution in [1.29, 1.82) is 0 Å². The van der Waals surface area contributed by atoms with Crippen molar-refractivity contribution in [3.05, 3.63) is 59.7 Å². The second-order valence-electron chi connectivity index (χ2n) is 6.78. The number of hydrogen-bond donors (Lipinski definition) is 2. The highest BCUT2D eigenvalue weighted by atomic mass is 16.3. The zero-order valence-corrected chi connectivity index (χ0v) is 14.5. The molecule has 0 fully saturated rings. The van der Waals surface area contributed by atoms with Crippen LogP contribution in [0.4, 0.5) is 0 Å². The van der Waals surface area contributed by atoms with E-state index in [2.05, 4.69) is 15.3 Å². The quantitative estimate of drug-likeness (QED) is 0.819. The molecule has 1 heterocycles. The van der Waals surface area contributed by atoms with E-state index in [1.165, 1.54) is 0 Å². The number of carbonyl (C=O) groups is 1. The molecule has 0 saturated heterocycles. The van der Waals surface area contributed by atoms with Crippen LogP contribution in [-0.2, 0) is 12.8 Å². The number of rotatable bonds is 7. The summed E-state index contributed by atoms with van der Waals surface area (Å²) in [7, 11) is 0. The predicted molar refractivity (Wildman–Crippen MR) is 93.7 cm³/mol. The Morgan fingerprint density at radius 2 is 1.96 bits per heavy atom. The van der Waals surface area contributed by atoms with Gasteiger partial charge in [0.05, 0.1) is 11.3 Å². The molecule has 2 rings (SSSR count). The molecule has 0 bridgehead atoms. The van der Waals surface area contributed by atoms with E-state index in [-0.39, 0.29) is 11.9 Å². The Morgan fingerprint density at radius 1 is 1.25 bits per heavy atom. The Bertz CT molecular complexity index is 649. The third kappa shape index (κ3) is 6.08. The van der Waals surface area contributed by atoms with Gasteiger partial charge in [-0.3, -0.25) is 14.8 Å². The van der Waals surface area contributed by atoms with E-state index in [9.17, 15) is 9.90 Å². The number of benzene rings is 1. The Morgan fingerprint density at radius 3 is 2.54 bits per heavy atom. The van der Waals surface area contributed by atoms with Gasteiger partial charge >= 0.3 is 0 Å². The van der Waals surface area contributed by atoms with Crippen LogP contribution in [0, 0.1) is 0 Å². The van der Waals surface area contributed by atoms with Crippen molar-refractivity contribution < 1.29 is 9.90 Å². The lowest BCUT2D eigenvalue weighted by molar-refractivity contribution is 0.0713. The molecule has 24 heavy (non-hydrogen) atoms. The first-order chi connectivity index (χ1) is 11.3. The summed E-state index contributed by atoms with van der Waals surface area (Å²) in [5.74, 6) is -0.0968. The zero-order chi connectivity index (χ0) is 17.6. The van der Waals surface area contributed by atoms with Gasteiger partial charge in [0, 0.05) is 36.6 Å². The Balaban J connectivity index is 1.88. The number of aromatic nitrogens is 2. The van der Waals surface area contributed by atoms with E-state index >= 15 is 0 Å². The molecule has 1 aromatic heterocycles. The van der Waals surface area contributed by atoms with Crippen LogP contribution in [0.3, 0.4) is 0 Å². The molecule has 5 nitrogen and oxygen atoms in total. The molecule has 1 atom stereocenters.